The number of thioether (sulfide) groups is 2. The molecule has 3 rings (SSSR count). The molecule has 142 valence electrons. The Morgan fingerprint density at radius 1 is 1.22 bits per heavy atom. The molecular formula is C20H21NO3S3. The number of thiophene rings is 1. The first-order valence-electron chi connectivity index (χ1n) is 8.63. The van der Waals surface area contributed by atoms with E-state index in [-0.39, 0.29) is 17.3 Å². The second kappa shape index (κ2) is 9.48. The molecule has 7 heteroatoms. The summed E-state index contributed by atoms with van der Waals surface area (Å²) in [7, 11) is 0. The Morgan fingerprint density at radius 2 is 2.00 bits per heavy atom. The molecule has 0 saturated heterocycles. The van der Waals surface area contributed by atoms with Crippen molar-refractivity contribution in [2.24, 2.45) is 5.92 Å². The molecule has 1 aromatic carbocycles. The van der Waals surface area contributed by atoms with Gasteiger partial charge >= 0.3 is 5.97 Å². The summed E-state index contributed by atoms with van der Waals surface area (Å²) < 4.78 is 5.26. The highest BCUT2D eigenvalue weighted by atomic mass is 32.2. The lowest BCUT2D eigenvalue weighted by Gasteiger charge is -2.21. The minimum Gasteiger partial charge on any atom is -0.465 e. The third-order valence-corrected chi connectivity index (χ3v) is 7.02. The van der Waals surface area contributed by atoms with Gasteiger partial charge in [0.1, 0.15) is 5.92 Å². The highest BCUT2D eigenvalue weighted by Gasteiger charge is 2.39. The number of hydrogen-bond donors (Lipinski definition) is 1. The van der Waals surface area contributed by atoms with Gasteiger partial charge in [0, 0.05) is 9.77 Å². The van der Waals surface area contributed by atoms with Crippen LogP contribution in [0.4, 0.5) is 0 Å². The van der Waals surface area contributed by atoms with E-state index in [0.717, 1.165) is 15.3 Å². The molecule has 0 aliphatic carbocycles. The van der Waals surface area contributed by atoms with E-state index >= 15 is 0 Å². The van der Waals surface area contributed by atoms with E-state index in [2.05, 4.69) is 5.32 Å². The van der Waals surface area contributed by atoms with Crippen molar-refractivity contribution >= 4 is 52.3 Å². The minimum absolute atomic E-state index is 0.0896. The van der Waals surface area contributed by atoms with Crippen LogP contribution in [-0.4, -0.2) is 29.6 Å². The van der Waals surface area contributed by atoms with Crippen molar-refractivity contribution in [2.75, 3.05) is 12.4 Å². The Bertz CT molecular complexity index is 816. The third kappa shape index (κ3) is 5.18. The number of benzene rings is 1. The number of nitrogens with one attached hydrogen (secondary N) is 1. The average Bonchev–Trinajstić information content (AvgIpc) is 3.31. The fourth-order valence-corrected chi connectivity index (χ4v) is 5.45. The van der Waals surface area contributed by atoms with Gasteiger partial charge in [0.05, 0.1) is 17.7 Å². The largest absolute Gasteiger partial charge is 0.465 e. The van der Waals surface area contributed by atoms with Gasteiger partial charge in [0.15, 0.2) is 0 Å². The van der Waals surface area contributed by atoms with E-state index in [1.165, 1.54) is 29.1 Å². The number of carbonyl (C=O) groups is 2. The van der Waals surface area contributed by atoms with Crippen LogP contribution in [0.5, 0.6) is 0 Å². The summed E-state index contributed by atoms with van der Waals surface area (Å²) in [6.45, 7) is 4.15. The van der Waals surface area contributed by atoms with E-state index in [4.69, 9.17) is 4.74 Å². The average molecular weight is 420 g/mol. The Kier molecular flexibility index (Phi) is 7.04. The van der Waals surface area contributed by atoms with Crippen LogP contribution in [0.2, 0.25) is 0 Å². The number of rotatable bonds is 7. The van der Waals surface area contributed by atoms with Crippen LogP contribution in [-0.2, 0) is 14.3 Å². The first kappa shape index (κ1) is 20.0. The monoisotopic (exact) mass is 419 g/mol. The molecule has 1 aromatic heterocycles. The summed E-state index contributed by atoms with van der Waals surface area (Å²) in [4.78, 5) is 27.1. The summed E-state index contributed by atoms with van der Waals surface area (Å²) in [6.07, 6.45) is 0. The number of carbonyl (C=O) groups excluding carboxylic acids is 2. The van der Waals surface area contributed by atoms with Crippen LogP contribution in [0.1, 0.15) is 17.4 Å². The van der Waals surface area contributed by atoms with Crippen LogP contribution in [0.15, 0.2) is 52.1 Å². The van der Waals surface area contributed by atoms with Gasteiger partial charge in [-0.3, -0.25) is 9.59 Å². The van der Waals surface area contributed by atoms with Gasteiger partial charge in [-0.25, -0.2) is 0 Å². The van der Waals surface area contributed by atoms with E-state index < -0.39 is 5.92 Å². The van der Waals surface area contributed by atoms with Crippen molar-refractivity contribution in [2.45, 2.75) is 24.1 Å². The van der Waals surface area contributed by atoms with Crippen molar-refractivity contribution in [3.05, 3.63) is 57.6 Å². The number of aryl methyl sites for hydroxylation is 1. The summed E-state index contributed by atoms with van der Waals surface area (Å²) >= 11 is 4.53. The second-order valence-corrected chi connectivity index (χ2v) is 9.02. The van der Waals surface area contributed by atoms with Gasteiger partial charge in [-0.1, -0.05) is 23.8 Å². The normalized spacial score (nSPS) is 18.8. The second-order valence-electron chi connectivity index (χ2n) is 6.01. The number of esters is 1. The highest BCUT2D eigenvalue weighted by Crippen LogP contribution is 2.42. The lowest BCUT2D eigenvalue weighted by molar-refractivity contribution is -0.146. The van der Waals surface area contributed by atoms with Gasteiger partial charge < -0.3 is 10.1 Å². The number of amides is 1. The quantitative estimate of drug-likeness (QED) is 0.527. The lowest BCUT2D eigenvalue weighted by Crippen LogP contribution is -2.41. The lowest BCUT2D eigenvalue weighted by atomic mass is 9.99. The molecular weight excluding hydrogens is 398 g/mol. The smallest absolute Gasteiger partial charge is 0.316 e. The molecule has 0 radical (unpaired) electrons. The first-order chi connectivity index (χ1) is 13.1. The van der Waals surface area contributed by atoms with E-state index in [0.29, 0.717) is 12.4 Å². The van der Waals surface area contributed by atoms with Crippen LogP contribution >= 0.6 is 34.9 Å². The van der Waals surface area contributed by atoms with Crippen LogP contribution in [0.25, 0.3) is 5.57 Å². The Morgan fingerprint density at radius 3 is 2.67 bits per heavy atom. The molecule has 0 fully saturated rings. The Balaban J connectivity index is 1.63. The zero-order chi connectivity index (χ0) is 19.2. The number of hydrogen-bond acceptors (Lipinski definition) is 6. The van der Waals surface area contributed by atoms with Gasteiger partial charge in [-0.05, 0) is 48.4 Å². The zero-order valence-corrected chi connectivity index (χ0v) is 17.6. The molecule has 1 amide bonds. The van der Waals surface area contributed by atoms with Crippen LogP contribution in [0.3, 0.4) is 0 Å². The molecule has 4 nitrogen and oxygen atoms in total. The van der Waals surface area contributed by atoms with Crippen LogP contribution < -0.4 is 5.32 Å². The standard InChI is InChI=1S/C20H21NO3S3/c1-3-24-20(23)18-15(16-5-4-10-25-16)11-27-19(18)21-17(22)12-26-14-8-6-13(2)7-9-14/h4-11,18-19H,3,12H2,1-2H3,(H,21,22)/t18-,19-/m1/s1. The molecule has 2 aromatic rings. The van der Waals surface area contributed by atoms with Gasteiger partial charge in [0.25, 0.3) is 0 Å². The summed E-state index contributed by atoms with van der Waals surface area (Å²) in [5, 5.41) is 6.60. The van der Waals surface area contributed by atoms with E-state index in [9.17, 15) is 9.59 Å². The van der Waals surface area contributed by atoms with E-state index in [1.54, 1.807) is 18.3 Å². The van der Waals surface area contributed by atoms with Crippen molar-refractivity contribution in [3.63, 3.8) is 0 Å². The SMILES string of the molecule is CCOC(=O)[C@@H]1C(c2cccs2)=CS[C@H]1NC(=O)CSc1ccc(C)cc1. The van der Waals surface area contributed by atoms with Gasteiger partial charge in [-0.2, -0.15) is 0 Å². The summed E-state index contributed by atoms with van der Waals surface area (Å²) in [5.74, 6) is -0.557. The molecule has 27 heavy (non-hydrogen) atoms. The van der Waals surface area contributed by atoms with Crippen molar-refractivity contribution in [1.29, 1.82) is 0 Å². The zero-order valence-electron chi connectivity index (χ0n) is 15.1. The first-order valence-corrected chi connectivity index (χ1v) is 11.4. The molecule has 2 heterocycles. The minimum atomic E-state index is -0.484. The highest BCUT2D eigenvalue weighted by molar-refractivity contribution is 8.03. The fourth-order valence-electron chi connectivity index (χ4n) is 2.70. The van der Waals surface area contributed by atoms with Crippen molar-refractivity contribution < 1.29 is 14.3 Å². The van der Waals surface area contributed by atoms with Crippen LogP contribution in [0, 0.1) is 12.8 Å². The molecule has 1 N–H and O–H groups in total. The molecule has 0 spiro atoms. The Hall–Kier alpha value is -1.70. The fraction of sp³-hybridized carbons (Fsp3) is 0.300. The maximum atomic E-state index is 12.5. The van der Waals surface area contributed by atoms with Crippen molar-refractivity contribution in [3.8, 4) is 0 Å². The third-order valence-electron chi connectivity index (χ3n) is 4.02. The summed E-state index contributed by atoms with van der Waals surface area (Å²) in [6, 6.07) is 12.0. The molecule has 2 atom stereocenters. The number of ether oxygens (including phenoxy) is 1. The predicted octanol–water partition coefficient (Wildman–Crippen LogP) is 4.56. The molecule has 0 unspecified atom stereocenters. The maximum Gasteiger partial charge on any atom is 0.316 e. The Labute approximate surface area is 171 Å². The molecule has 0 saturated carbocycles. The van der Waals surface area contributed by atoms with Gasteiger partial charge in [0.2, 0.25) is 5.91 Å². The molecule has 1 aliphatic heterocycles. The van der Waals surface area contributed by atoms with E-state index in [1.807, 2.05) is 54.1 Å². The maximum absolute atomic E-state index is 12.5. The predicted molar refractivity (Wildman–Crippen MR) is 114 cm³/mol. The van der Waals surface area contributed by atoms with Gasteiger partial charge in [-0.15, -0.1) is 34.9 Å². The molecule has 0 bridgehead atoms. The summed E-state index contributed by atoms with van der Waals surface area (Å²) in [5.41, 5.74) is 2.11. The topological polar surface area (TPSA) is 55.4 Å². The van der Waals surface area contributed by atoms with Crippen molar-refractivity contribution in [1.82, 2.24) is 5.32 Å². The molecule has 1 aliphatic rings.